The van der Waals surface area contributed by atoms with Crippen LogP contribution in [-0.2, 0) is 0 Å². The largest absolute Gasteiger partial charge is 0.472 e. The van der Waals surface area contributed by atoms with Crippen LogP contribution in [0.2, 0.25) is 0 Å². The van der Waals surface area contributed by atoms with Gasteiger partial charge in [-0.3, -0.25) is 4.79 Å². The Kier molecular flexibility index (Phi) is 8.70. The van der Waals surface area contributed by atoms with E-state index in [2.05, 4.69) is 10.3 Å². The molecule has 2 rings (SSSR count). The number of thiazole rings is 1. The maximum atomic E-state index is 12.1. The average Bonchev–Trinajstić information content (AvgIpc) is 3.14. The molecule has 3 N–H and O–H groups in total. The minimum absolute atomic E-state index is 0. The summed E-state index contributed by atoms with van der Waals surface area (Å²) in [6.45, 7) is 4.50. The molecule has 2 aromatic heterocycles. The van der Waals surface area contributed by atoms with Gasteiger partial charge < -0.3 is 15.5 Å². The van der Waals surface area contributed by atoms with Gasteiger partial charge in [0, 0.05) is 23.0 Å². The van der Waals surface area contributed by atoms with Crippen molar-refractivity contribution in [3.05, 3.63) is 29.7 Å². The number of rotatable bonds is 6. The van der Waals surface area contributed by atoms with Crippen molar-refractivity contribution in [1.29, 1.82) is 0 Å². The van der Waals surface area contributed by atoms with Crippen molar-refractivity contribution in [2.45, 2.75) is 32.2 Å². The number of aromatic nitrogens is 1. The second-order valence-corrected chi connectivity index (χ2v) is 5.66. The predicted molar refractivity (Wildman–Crippen MR) is 94.1 cm³/mol. The van der Waals surface area contributed by atoms with Crippen molar-refractivity contribution in [1.82, 2.24) is 10.3 Å². The molecule has 0 atom stereocenters. The van der Waals surface area contributed by atoms with Gasteiger partial charge in [-0.1, -0.05) is 13.8 Å². The van der Waals surface area contributed by atoms with Crippen LogP contribution in [0.4, 0.5) is 0 Å². The highest BCUT2D eigenvalue weighted by Gasteiger charge is 2.22. The lowest BCUT2D eigenvalue weighted by Crippen LogP contribution is -2.49. The first kappa shape index (κ1) is 20.9. The van der Waals surface area contributed by atoms with Gasteiger partial charge in [0.05, 0.1) is 6.26 Å². The number of nitrogens with zero attached hydrogens (tertiary/aromatic N) is 1. The Balaban J connectivity index is 0.00000220. The Morgan fingerprint density at radius 2 is 2.09 bits per heavy atom. The minimum atomic E-state index is -0.348. The van der Waals surface area contributed by atoms with E-state index in [0.717, 1.165) is 23.4 Å². The minimum Gasteiger partial charge on any atom is -0.472 e. The van der Waals surface area contributed by atoms with Gasteiger partial charge in [-0.2, -0.15) is 0 Å². The standard InChI is InChI=1S/C14H19N3O2S.2ClH/c1-3-14(15,4-2)9-16-12(18)11-8-20-13(17-11)10-5-6-19-7-10;;/h5-8H,3-4,9,15H2,1-2H3,(H,16,18);2*1H. The molecule has 0 aromatic carbocycles. The molecular formula is C14H21Cl2N3O2S. The highest BCUT2D eigenvalue weighted by atomic mass is 35.5. The summed E-state index contributed by atoms with van der Waals surface area (Å²) in [7, 11) is 0. The molecule has 22 heavy (non-hydrogen) atoms. The third kappa shape index (κ3) is 4.98. The zero-order valence-corrected chi connectivity index (χ0v) is 14.9. The van der Waals surface area contributed by atoms with E-state index in [0.29, 0.717) is 12.2 Å². The van der Waals surface area contributed by atoms with E-state index in [4.69, 9.17) is 10.2 Å². The van der Waals surface area contributed by atoms with E-state index in [1.165, 1.54) is 11.3 Å². The number of furan rings is 1. The lowest BCUT2D eigenvalue weighted by Gasteiger charge is -2.26. The van der Waals surface area contributed by atoms with E-state index in [-0.39, 0.29) is 36.3 Å². The second kappa shape index (κ2) is 9.15. The van der Waals surface area contributed by atoms with E-state index < -0.39 is 0 Å². The first-order chi connectivity index (χ1) is 9.58. The smallest absolute Gasteiger partial charge is 0.270 e. The molecule has 0 aliphatic heterocycles. The first-order valence-corrected chi connectivity index (χ1v) is 7.51. The molecule has 124 valence electrons. The van der Waals surface area contributed by atoms with Crippen LogP contribution < -0.4 is 11.1 Å². The van der Waals surface area contributed by atoms with Gasteiger partial charge in [-0.25, -0.2) is 4.98 Å². The SMILES string of the molecule is CCC(N)(CC)CNC(=O)c1csc(-c2ccoc2)n1.Cl.Cl. The summed E-state index contributed by atoms with van der Waals surface area (Å²) in [5.74, 6) is -0.187. The number of nitrogens with one attached hydrogen (secondary N) is 1. The van der Waals surface area contributed by atoms with Crippen LogP contribution in [0.25, 0.3) is 10.6 Å². The molecule has 0 saturated heterocycles. The normalized spacial score (nSPS) is 10.5. The molecule has 0 saturated carbocycles. The Morgan fingerprint density at radius 1 is 1.41 bits per heavy atom. The molecule has 2 heterocycles. The third-order valence-electron chi connectivity index (χ3n) is 3.51. The number of nitrogens with two attached hydrogens (primary N) is 1. The van der Waals surface area contributed by atoms with Crippen molar-refractivity contribution in [2.24, 2.45) is 5.73 Å². The predicted octanol–water partition coefficient (Wildman–Crippen LogP) is 3.49. The quantitative estimate of drug-likeness (QED) is 0.820. The summed E-state index contributed by atoms with van der Waals surface area (Å²) in [5, 5.41) is 5.37. The molecule has 0 radical (unpaired) electrons. The number of carbonyl (C=O) groups is 1. The molecule has 0 fully saturated rings. The molecule has 0 aliphatic rings. The molecule has 0 aliphatic carbocycles. The highest BCUT2D eigenvalue weighted by molar-refractivity contribution is 7.13. The van der Waals surface area contributed by atoms with Crippen LogP contribution in [-0.4, -0.2) is 23.0 Å². The van der Waals surface area contributed by atoms with Gasteiger partial charge in [0.2, 0.25) is 0 Å². The molecule has 2 aromatic rings. The van der Waals surface area contributed by atoms with Crippen LogP contribution in [0, 0.1) is 0 Å². The summed E-state index contributed by atoms with van der Waals surface area (Å²) in [5.41, 5.74) is 7.11. The van der Waals surface area contributed by atoms with E-state index >= 15 is 0 Å². The fourth-order valence-electron chi connectivity index (χ4n) is 1.74. The van der Waals surface area contributed by atoms with Crippen molar-refractivity contribution in [3.63, 3.8) is 0 Å². The lowest BCUT2D eigenvalue weighted by atomic mass is 9.94. The zero-order chi connectivity index (χ0) is 14.6. The number of hydrogen-bond acceptors (Lipinski definition) is 5. The molecule has 5 nitrogen and oxygen atoms in total. The molecule has 1 amide bonds. The first-order valence-electron chi connectivity index (χ1n) is 6.63. The van der Waals surface area contributed by atoms with E-state index in [1.54, 1.807) is 17.9 Å². The summed E-state index contributed by atoms with van der Waals surface area (Å²) in [4.78, 5) is 16.4. The van der Waals surface area contributed by atoms with Gasteiger partial charge in [-0.15, -0.1) is 36.2 Å². The summed E-state index contributed by atoms with van der Waals surface area (Å²) >= 11 is 1.42. The number of amides is 1. The van der Waals surface area contributed by atoms with Crippen molar-refractivity contribution in [3.8, 4) is 10.6 Å². The average molecular weight is 366 g/mol. The van der Waals surface area contributed by atoms with Gasteiger partial charge >= 0.3 is 0 Å². The summed E-state index contributed by atoms with van der Waals surface area (Å²) in [6, 6.07) is 1.82. The third-order valence-corrected chi connectivity index (χ3v) is 4.41. The summed E-state index contributed by atoms with van der Waals surface area (Å²) < 4.78 is 5.01. The Bertz CT molecular complexity index is 568. The van der Waals surface area contributed by atoms with Crippen molar-refractivity contribution >= 4 is 42.1 Å². The van der Waals surface area contributed by atoms with Crippen LogP contribution in [0.3, 0.4) is 0 Å². The van der Waals surface area contributed by atoms with Crippen LogP contribution in [0.15, 0.2) is 28.4 Å². The number of carbonyl (C=O) groups excluding carboxylic acids is 1. The van der Waals surface area contributed by atoms with Gasteiger partial charge in [0.15, 0.2) is 0 Å². The van der Waals surface area contributed by atoms with Gasteiger partial charge in [-0.05, 0) is 18.9 Å². The molecule has 8 heteroatoms. The molecule has 0 bridgehead atoms. The summed E-state index contributed by atoms with van der Waals surface area (Å²) in [6.07, 6.45) is 4.84. The molecular weight excluding hydrogens is 345 g/mol. The highest BCUT2D eigenvalue weighted by Crippen LogP contribution is 2.23. The fraction of sp³-hybridized carbons (Fsp3) is 0.429. The van der Waals surface area contributed by atoms with E-state index in [9.17, 15) is 4.79 Å². The molecule has 0 spiro atoms. The van der Waals surface area contributed by atoms with Crippen molar-refractivity contribution in [2.75, 3.05) is 6.54 Å². The van der Waals surface area contributed by atoms with Gasteiger partial charge in [0.1, 0.15) is 17.0 Å². The number of hydrogen-bond donors (Lipinski definition) is 2. The Morgan fingerprint density at radius 3 is 2.64 bits per heavy atom. The van der Waals surface area contributed by atoms with Crippen LogP contribution in [0.1, 0.15) is 37.2 Å². The second-order valence-electron chi connectivity index (χ2n) is 4.80. The number of halogens is 2. The van der Waals surface area contributed by atoms with E-state index in [1.807, 2.05) is 19.9 Å². The topological polar surface area (TPSA) is 81.1 Å². The maximum Gasteiger partial charge on any atom is 0.270 e. The lowest BCUT2D eigenvalue weighted by molar-refractivity contribution is 0.0938. The Labute approximate surface area is 146 Å². The monoisotopic (exact) mass is 365 g/mol. The maximum absolute atomic E-state index is 12.1. The van der Waals surface area contributed by atoms with Crippen LogP contribution >= 0.6 is 36.2 Å². The van der Waals surface area contributed by atoms with Crippen LogP contribution in [0.5, 0.6) is 0 Å². The Hall–Kier alpha value is -1.08. The van der Waals surface area contributed by atoms with Crippen molar-refractivity contribution < 1.29 is 9.21 Å². The molecule has 0 unspecified atom stereocenters. The zero-order valence-electron chi connectivity index (χ0n) is 12.5. The fourth-order valence-corrected chi connectivity index (χ4v) is 2.53. The van der Waals surface area contributed by atoms with Gasteiger partial charge in [0.25, 0.3) is 5.91 Å².